The van der Waals surface area contributed by atoms with Gasteiger partial charge in [-0.05, 0) is 49.9 Å². The van der Waals surface area contributed by atoms with Gasteiger partial charge in [0.15, 0.2) is 6.10 Å². The third-order valence-corrected chi connectivity index (χ3v) is 4.56. The fourth-order valence-electron chi connectivity index (χ4n) is 3.14. The van der Waals surface area contributed by atoms with Gasteiger partial charge in [-0.15, -0.1) is 0 Å². The Kier molecular flexibility index (Phi) is 8.49. The predicted molar refractivity (Wildman–Crippen MR) is 115 cm³/mol. The van der Waals surface area contributed by atoms with Crippen LogP contribution in [0.1, 0.15) is 39.2 Å². The highest BCUT2D eigenvalue weighted by molar-refractivity contribution is 5.83. The molecule has 2 unspecified atom stereocenters. The molecule has 0 aromatic heterocycles. The van der Waals surface area contributed by atoms with Gasteiger partial charge >= 0.3 is 12.3 Å². The molecule has 3 N–H and O–H groups in total. The molecule has 0 aliphatic carbocycles. The number of aryl methyl sites for hydroxylation is 1. The van der Waals surface area contributed by atoms with Crippen LogP contribution in [0.2, 0.25) is 0 Å². The molecule has 2 amide bonds. The molecule has 0 aliphatic rings. The number of aliphatic hydroxyl groups is 1. The zero-order chi connectivity index (χ0) is 23.9. The van der Waals surface area contributed by atoms with Crippen LogP contribution in [-0.4, -0.2) is 47.6 Å². The molecule has 6 nitrogen and oxygen atoms in total. The smallest absolute Gasteiger partial charge is 0.407 e. The van der Waals surface area contributed by atoms with Gasteiger partial charge in [0.05, 0.1) is 12.5 Å². The van der Waals surface area contributed by atoms with Crippen molar-refractivity contribution in [3.8, 4) is 0 Å². The standard InChI is InChI=1S/C23H29F3N2O4/c1-22(2,3)32-21(31)28-18(14-23(24,25)26)19(29)20(30)27-12-6-7-15-10-11-16-8-4-5-9-17(16)13-15/h4-5,8-11,13,18-19,29H,6-7,12,14H2,1-3H3,(H,27,30)(H,28,31). The molecular weight excluding hydrogens is 425 g/mol. The summed E-state index contributed by atoms with van der Waals surface area (Å²) in [7, 11) is 0. The molecule has 2 aromatic carbocycles. The van der Waals surface area contributed by atoms with Crippen molar-refractivity contribution in [2.45, 2.75) is 64.0 Å². The van der Waals surface area contributed by atoms with E-state index in [9.17, 15) is 27.9 Å². The Morgan fingerprint density at radius 1 is 1.06 bits per heavy atom. The quantitative estimate of drug-likeness (QED) is 0.524. The van der Waals surface area contributed by atoms with Crippen molar-refractivity contribution >= 4 is 22.8 Å². The number of nitrogens with one attached hydrogen (secondary N) is 2. The van der Waals surface area contributed by atoms with Gasteiger partial charge in [0, 0.05) is 6.54 Å². The molecule has 0 aliphatic heterocycles. The summed E-state index contributed by atoms with van der Waals surface area (Å²) < 4.78 is 43.6. The summed E-state index contributed by atoms with van der Waals surface area (Å²) in [6, 6.07) is 12.0. The predicted octanol–water partition coefficient (Wildman–Crippen LogP) is 4.10. The largest absolute Gasteiger partial charge is 0.444 e. The highest BCUT2D eigenvalue weighted by Crippen LogP contribution is 2.23. The normalized spacial score (nSPS) is 14.0. The summed E-state index contributed by atoms with van der Waals surface area (Å²) in [5.41, 5.74) is 0.114. The van der Waals surface area contributed by atoms with Crippen LogP contribution >= 0.6 is 0 Å². The van der Waals surface area contributed by atoms with E-state index in [0.29, 0.717) is 12.8 Å². The van der Waals surface area contributed by atoms with E-state index >= 15 is 0 Å². The second-order valence-corrected chi connectivity index (χ2v) is 8.59. The molecule has 0 bridgehead atoms. The zero-order valence-electron chi connectivity index (χ0n) is 18.3. The molecule has 32 heavy (non-hydrogen) atoms. The van der Waals surface area contributed by atoms with Crippen molar-refractivity contribution in [1.29, 1.82) is 0 Å². The molecule has 176 valence electrons. The highest BCUT2D eigenvalue weighted by atomic mass is 19.4. The number of hydrogen-bond donors (Lipinski definition) is 3. The lowest BCUT2D eigenvalue weighted by Crippen LogP contribution is -2.53. The summed E-state index contributed by atoms with van der Waals surface area (Å²) in [5, 5.41) is 16.7. The average Bonchev–Trinajstić information content (AvgIpc) is 2.67. The van der Waals surface area contributed by atoms with Crippen molar-refractivity contribution in [2.24, 2.45) is 0 Å². The van der Waals surface area contributed by atoms with E-state index in [1.165, 1.54) is 0 Å². The molecule has 2 rings (SSSR count). The number of fused-ring (bicyclic) bond motifs is 1. The fraction of sp³-hybridized carbons (Fsp3) is 0.478. The third-order valence-electron chi connectivity index (χ3n) is 4.56. The summed E-state index contributed by atoms with van der Waals surface area (Å²) in [6.45, 7) is 4.80. The van der Waals surface area contributed by atoms with E-state index in [1.807, 2.05) is 47.8 Å². The van der Waals surface area contributed by atoms with E-state index < -0.39 is 42.3 Å². The topological polar surface area (TPSA) is 87.7 Å². The number of benzene rings is 2. The molecule has 9 heteroatoms. The van der Waals surface area contributed by atoms with E-state index in [2.05, 4.69) is 5.32 Å². The first-order valence-electron chi connectivity index (χ1n) is 10.3. The minimum absolute atomic E-state index is 0.161. The van der Waals surface area contributed by atoms with E-state index in [0.717, 1.165) is 16.3 Å². The Morgan fingerprint density at radius 2 is 1.72 bits per heavy atom. The van der Waals surface area contributed by atoms with Crippen LogP contribution in [-0.2, 0) is 16.0 Å². The van der Waals surface area contributed by atoms with Crippen LogP contribution in [0.5, 0.6) is 0 Å². The first kappa shape index (κ1) is 25.5. The number of carbonyl (C=O) groups excluding carboxylic acids is 2. The van der Waals surface area contributed by atoms with Crippen LogP contribution in [0, 0.1) is 0 Å². The van der Waals surface area contributed by atoms with Gasteiger partial charge in [-0.1, -0.05) is 42.5 Å². The van der Waals surface area contributed by atoms with Gasteiger partial charge in [0.1, 0.15) is 5.60 Å². The van der Waals surface area contributed by atoms with Gasteiger partial charge in [0.2, 0.25) is 0 Å². The van der Waals surface area contributed by atoms with Crippen molar-refractivity contribution in [3.63, 3.8) is 0 Å². The van der Waals surface area contributed by atoms with E-state index in [-0.39, 0.29) is 6.54 Å². The number of amides is 2. The number of hydrogen-bond acceptors (Lipinski definition) is 4. The SMILES string of the molecule is CC(C)(C)OC(=O)NC(CC(F)(F)F)C(O)C(=O)NCCCc1ccc2ccccc2c1. The van der Waals surface area contributed by atoms with Crippen molar-refractivity contribution in [2.75, 3.05) is 6.54 Å². The Morgan fingerprint density at radius 3 is 2.34 bits per heavy atom. The van der Waals surface area contributed by atoms with Crippen LogP contribution in [0.25, 0.3) is 10.8 Å². The maximum Gasteiger partial charge on any atom is 0.407 e. The van der Waals surface area contributed by atoms with Gasteiger partial charge in [0.25, 0.3) is 5.91 Å². The minimum atomic E-state index is -4.70. The van der Waals surface area contributed by atoms with Gasteiger partial charge in [-0.3, -0.25) is 4.79 Å². The number of alkyl carbamates (subject to hydrolysis) is 1. The highest BCUT2D eigenvalue weighted by Gasteiger charge is 2.39. The van der Waals surface area contributed by atoms with Gasteiger partial charge in [-0.2, -0.15) is 13.2 Å². The first-order valence-corrected chi connectivity index (χ1v) is 10.3. The van der Waals surface area contributed by atoms with Crippen LogP contribution in [0.4, 0.5) is 18.0 Å². The number of halogens is 3. The molecule has 0 fully saturated rings. The molecule has 2 aromatic rings. The molecule has 2 atom stereocenters. The van der Waals surface area contributed by atoms with Crippen molar-refractivity contribution in [3.05, 3.63) is 48.0 Å². The monoisotopic (exact) mass is 454 g/mol. The number of alkyl halides is 3. The molecule has 0 spiro atoms. The second-order valence-electron chi connectivity index (χ2n) is 8.59. The van der Waals surface area contributed by atoms with E-state index in [1.54, 1.807) is 20.8 Å². The Labute approximate surface area is 185 Å². The second kappa shape index (κ2) is 10.7. The first-order chi connectivity index (χ1) is 14.8. The van der Waals surface area contributed by atoms with Crippen LogP contribution in [0.3, 0.4) is 0 Å². The third kappa shape index (κ3) is 8.74. The summed E-state index contributed by atoms with van der Waals surface area (Å²) in [6.07, 6.45) is -8.32. The number of ether oxygens (including phenoxy) is 1. The summed E-state index contributed by atoms with van der Waals surface area (Å²) in [4.78, 5) is 24.1. The van der Waals surface area contributed by atoms with Crippen molar-refractivity contribution in [1.82, 2.24) is 10.6 Å². The lowest BCUT2D eigenvalue weighted by Gasteiger charge is -2.26. The van der Waals surface area contributed by atoms with Crippen LogP contribution < -0.4 is 10.6 Å². The average molecular weight is 454 g/mol. The zero-order valence-corrected chi connectivity index (χ0v) is 18.3. The Hall–Kier alpha value is -2.81. The number of rotatable bonds is 8. The molecule has 0 heterocycles. The molecule has 0 saturated heterocycles. The summed E-state index contributed by atoms with van der Waals surface area (Å²) in [5.74, 6) is -0.992. The lowest BCUT2D eigenvalue weighted by atomic mass is 10.0. The minimum Gasteiger partial charge on any atom is -0.444 e. The Bertz CT molecular complexity index is 925. The maximum absolute atomic E-state index is 12.9. The molecule has 0 saturated carbocycles. The maximum atomic E-state index is 12.9. The lowest BCUT2D eigenvalue weighted by molar-refractivity contribution is -0.151. The number of carbonyl (C=O) groups is 2. The molecular formula is C23H29F3N2O4. The summed E-state index contributed by atoms with van der Waals surface area (Å²) >= 11 is 0. The number of aliphatic hydroxyl groups excluding tert-OH is 1. The fourth-order valence-corrected chi connectivity index (χ4v) is 3.14. The van der Waals surface area contributed by atoms with E-state index in [4.69, 9.17) is 4.74 Å². The van der Waals surface area contributed by atoms with Gasteiger partial charge < -0.3 is 20.5 Å². The molecule has 0 radical (unpaired) electrons. The van der Waals surface area contributed by atoms with Crippen LogP contribution in [0.15, 0.2) is 42.5 Å². The van der Waals surface area contributed by atoms with Gasteiger partial charge in [-0.25, -0.2) is 4.79 Å². The Balaban J connectivity index is 1.89. The van der Waals surface area contributed by atoms with Crippen molar-refractivity contribution < 1.29 is 32.6 Å².